The second-order valence-electron chi connectivity index (χ2n) is 34.4. The number of H-pyrrole nitrogens is 1. The standard InChI is InChI=1S/C20H16N6OS.C18H23BrN7OSSi.C14H19BrN4OSSi.C11H16Br2N4OSSi.C7H9BO3.C5H7N2.3C4H9.C3H3.HI.Sn/c1-12-16(15-4-2-3-9-26(15)25-12)20-23-17(14-7-5-13(10-27)6-8-14)18(28-20)19-21-11-22-24-19;1-13-22-25-8-6-5-7-14(25)26(13)18-21-16(19)15(28-18)17-20-11-24(23-17)12-27-9-10-29(2,3)4;1-5-6-11-17-13(15)12(21-11)14-16-9-19(18-14)10-20-7-8-22(2,3)4;1-20(2,3)5-4-18-7-17-6-14-10(16-17)8-9(12)15-11(13)19-8;9-5-6-1-3-7(4-2-6)8(10)11;6-7-4-2-1-3-5-7;3*1-3-4-2;1-3-2;;/h2-9,11,27H,10H2,1H3,(H,21,22,24);5-8,11H,9-10,12H2,1-4H3;9H,7-8,10H2,1-4H3;6H,4-5,7H2,1-3H3;1-4,9-11H,5H2;1-5H,6H2;3*1,3-4H2,2H3;1H3;1H;/q;+1;;;;+1;;;;;;/p-1. The van der Waals surface area contributed by atoms with Crippen molar-refractivity contribution < 1.29 is 67.7 Å². The summed E-state index contributed by atoms with van der Waals surface area (Å²) in [7, 11) is -4.61. The number of aromatic amines is 1. The topological polar surface area (TPSA) is 362 Å². The number of benzene rings is 2. The summed E-state index contributed by atoms with van der Waals surface area (Å²) in [6.45, 7) is 39.3. The molecule has 0 radical (unpaired) electrons. The van der Waals surface area contributed by atoms with Gasteiger partial charge < -0.3 is 58.4 Å². The van der Waals surface area contributed by atoms with Crippen molar-refractivity contribution in [3.8, 4) is 91.5 Å². The number of pyridine rings is 3. The van der Waals surface area contributed by atoms with Crippen LogP contribution < -0.4 is 44.5 Å². The first kappa shape index (κ1) is 112. The minimum atomic E-state index is -2.02. The first-order valence-corrected chi connectivity index (χ1v) is 68.8. The number of fused-ring (bicyclic) bond motifs is 2. The predicted molar refractivity (Wildman–Crippen MR) is 559 cm³/mol. The maximum absolute atomic E-state index is 9.32. The van der Waals surface area contributed by atoms with Crippen molar-refractivity contribution in [2.45, 2.75) is 211 Å². The quantitative estimate of drug-likeness (QED) is 0.00545. The van der Waals surface area contributed by atoms with Gasteiger partial charge >= 0.3 is 115 Å². The Labute approximate surface area is 859 Å². The molecule has 44 heteroatoms. The van der Waals surface area contributed by atoms with Crippen molar-refractivity contribution in [1.82, 2.24) is 98.6 Å². The molecule has 15 rings (SSSR count). The summed E-state index contributed by atoms with van der Waals surface area (Å²) >= 11 is 17.8. The third kappa shape index (κ3) is 35.9. The van der Waals surface area contributed by atoms with Crippen LogP contribution in [0.2, 0.25) is 90.4 Å². The zero-order valence-electron chi connectivity index (χ0n) is 78.7. The van der Waals surface area contributed by atoms with Gasteiger partial charge in [0.25, 0.3) is 5.13 Å². The molecule has 0 saturated heterocycles. The van der Waals surface area contributed by atoms with Crippen molar-refractivity contribution in [3.05, 3.63) is 199 Å². The molecule has 0 saturated carbocycles. The molecule has 0 fully saturated rings. The number of aliphatic hydroxyl groups is 2. The maximum Gasteiger partial charge on any atom is 0.488 e. The van der Waals surface area contributed by atoms with Gasteiger partial charge in [-0.25, -0.2) is 59.3 Å². The van der Waals surface area contributed by atoms with E-state index in [2.05, 4.69) is 243 Å². The smallest absolute Gasteiger partial charge is 0.488 e. The number of nitrogens with two attached hydrogens (primary N) is 1. The van der Waals surface area contributed by atoms with Crippen molar-refractivity contribution in [1.29, 1.82) is 0 Å². The maximum atomic E-state index is 9.32. The number of hydrogen-bond donors (Lipinski definition) is 6. The van der Waals surface area contributed by atoms with Gasteiger partial charge in [-0.15, -0.1) is 58.8 Å². The predicted octanol–water partition coefficient (Wildman–Crippen LogP) is 16.5. The van der Waals surface area contributed by atoms with Crippen LogP contribution in [-0.4, -0.2) is 188 Å². The molecule has 0 unspecified atom stereocenters. The Bertz CT molecular complexity index is 6160. The summed E-state index contributed by atoms with van der Waals surface area (Å²) in [5.41, 5.74) is 7.75. The van der Waals surface area contributed by atoms with Gasteiger partial charge in [-0.3, -0.25) is 5.10 Å². The molecule has 0 aliphatic rings. The summed E-state index contributed by atoms with van der Waals surface area (Å²) in [6.07, 6.45) is 22.3. The molecule has 0 spiro atoms. The van der Waals surface area contributed by atoms with E-state index in [9.17, 15) is 5.11 Å². The fourth-order valence-corrected chi connectivity index (χ4v) is 35.0. The van der Waals surface area contributed by atoms with E-state index in [0.29, 0.717) is 49.0 Å². The van der Waals surface area contributed by atoms with E-state index in [1.807, 2.05) is 119 Å². The van der Waals surface area contributed by atoms with Crippen LogP contribution in [0.3, 0.4) is 0 Å². The monoisotopic (exact) mass is 2420 g/mol. The van der Waals surface area contributed by atoms with Crippen LogP contribution in [0.25, 0.3) is 80.9 Å². The van der Waals surface area contributed by atoms with E-state index < -0.39 is 49.7 Å². The number of ether oxygens (including phenoxy) is 3. The van der Waals surface area contributed by atoms with E-state index in [0.717, 1.165) is 141 Å². The fraction of sp³-hybridized carbons (Fsp3) is 0.400. The molecule has 13 aromatic heterocycles. The van der Waals surface area contributed by atoms with Gasteiger partial charge in [0, 0.05) is 80.9 Å². The molecule has 30 nitrogen and oxygen atoms in total. The number of thiazole rings is 4. The molecule has 2 aromatic carbocycles. The minimum Gasteiger partial charge on any atom is -1.00 e. The van der Waals surface area contributed by atoms with E-state index in [4.69, 9.17) is 40.2 Å². The third-order valence-corrected chi connectivity index (χ3v) is 45.5. The molecule has 0 bridgehead atoms. The molecule has 13 heterocycles. The summed E-state index contributed by atoms with van der Waals surface area (Å²) < 4.78 is 40.8. The molecule has 7 N–H and O–H groups in total. The number of aromatic nitrogens is 22. The number of hydrogen-bond acceptors (Lipinski definition) is 26. The summed E-state index contributed by atoms with van der Waals surface area (Å²) in [6, 6.07) is 35.2. The molecule has 0 atom stereocenters. The van der Waals surface area contributed by atoms with E-state index in [-0.39, 0.29) is 37.2 Å². The van der Waals surface area contributed by atoms with Gasteiger partial charge in [0.15, 0.2) is 49.2 Å². The van der Waals surface area contributed by atoms with Crippen LogP contribution in [0, 0.1) is 35.5 Å². The Morgan fingerprint density at radius 2 is 1.04 bits per heavy atom. The zero-order valence-corrected chi connectivity index (χ0v) is 96.3. The Morgan fingerprint density at radius 1 is 0.545 bits per heavy atom. The normalized spacial score (nSPS) is 11.2. The molecule has 714 valence electrons. The molecule has 0 aliphatic carbocycles. The van der Waals surface area contributed by atoms with Crippen molar-refractivity contribution in [2.75, 3.05) is 25.7 Å². The van der Waals surface area contributed by atoms with Gasteiger partial charge in [-0.1, -0.05) is 148 Å². The summed E-state index contributed by atoms with van der Waals surface area (Å²) in [5.74, 6) is 17.8. The number of nitrogens with zero attached hydrogens (tertiary/aromatic N) is 21. The second kappa shape index (κ2) is 56.1. The van der Waals surface area contributed by atoms with Crippen molar-refractivity contribution in [2.24, 2.45) is 0 Å². The number of nitrogens with one attached hydrogen (secondary N) is 1. The van der Waals surface area contributed by atoms with Gasteiger partial charge in [0.1, 0.15) is 74.3 Å². The Balaban J connectivity index is 0.000000199. The van der Waals surface area contributed by atoms with Gasteiger partial charge in [-0.05, 0) is 142 Å². The van der Waals surface area contributed by atoms with Gasteiger partial charge in [0.2, 0.25) is 11.5 Å². The average Bonchev–Trinajstić information content (AvgIpc) is 1.61. The number of nitrogen functional groups attached to an aromatic ring is 1. The van der Waals surface area contributed by atoms with E-state index in [1.165, 1.54) is 96.8 Å². The number of aryl methyl sites for hydroxylation is 2. The van der Waals surface area contributed by atoms with Crippen LogP contribution in [0.4, 0.5) is 0 Å². The average molecular weight is 2420 g/mol. The number of aliphatic hydroxyl groups excluding tert-OH is 2. The molecular weight excluding hydrogens is 2300 g/mol. The molecule has 0 amide bonds. The SMILES string of the molecule is CC#Cc1nc(Br)c(-c2ncn(COCC[Si](C)(C)C)n2)s1.CC#[C][Sn]([CH2]CCC)([CH2]CCC)[CH2]CCC.C[Si](C)(C)CCOCn1cnc(-c2sc(Br)nc2Br)n1.Cc1nn2ccccc2[n+]1-c1nc(Br)c(-c2ncn(COCC[Si](C)(C)C)n2)s1.Cc1nn2ccccc2c1-c1nc(-c2ccc(CO)cc2)c(-c2ncn[nH]2)s1.N[n+]1ccccc1.OCc1ccc(B(O)O)cc1.[I-]. The first-order chi connectivity index (χ1) is 63.7. The van der Waals surface area contributed by atoms with E-state index in [1.54, 1.807) is 87.9 Å². The largest absolute Gasteiger partial charge is 1.00 e. The molecule has 15 aromatic rings. The molecule has 134 heavy (non-hydrogen) atoms. The van der Waals surface area contributed by atoms with Crippen LogP contribution >= 0.6 is 109 Å². The van der Waals surface area contributed by atoms with Crippen LogP contribution in [0.15, 0.2) is 171 Å². The van der Waals surface area contributed by atoms with E-state index >= 15 is 0 Å². The van der Waals surface area contributed by atoms with Crippen molar-refractivity contribution >= 4 is 175 Å². The van der Waals surface area contributed by atoms with Crippen LogP contribution in [-0.2, 0) is 47.6 Å². The van der Waals surface area contributed by atoms with Crippen molar-refractivity contribution in [3.63, 3.8) is 0 Å². The van der Waals surface area contributed by atoms with Gasteiger partial charge in [0.05, 0.1) is 46.8 Å². The third-order valence-electron chi connectivity index (χ3n) is 19.9. The molecule has 0 aliphatic heterocycles. The number of unbranched alkanes of at least 4 members (excludes halogenated alkanes) is 3. The second-order valence-corrected chi connectivity index (χ2v) is 71.1. The Kier molecular flexibility index (Phi) is 47.0. The first-order valence-electron chi connectivity index (χ1n) is 43.8. The van der Waals surface area contributed by atoms with Crippen LogP contribution in [0.1, 0.15) is 101 Å². The van der Waals surface area contributed by atoms with Gasteiger partial charge in [-0.2, -0.15) is 14.8 Å². The number of rotatable bonds is 34. The Morgan fingerprint density at radius 3 is 1.49 bits per heavy atom. The summed E-state index contributed by atoms with van der Waals surface area (Å²) in [4.78, 5) is 39.2. The number of halogens is 5. The fourth-order valence-electron chi connectivity index (χ4n) is 12.6. The minimum absolute atomic E-state index is 0. The Hall–Kier alpha value is -7.22. The van der Waals surface area contributed by atoms with Crippen LogP contribution in [0.5, 0.6) is 0 Å². The zero-order chi connectivity index (χ0) is 96.3. The molecular formula is C90H120BBr4IN23O7S4Si3Sn+. The summed E-state index contributed by atoms with van der Waals surface area (Å²) in [5, 5.41) is 67.3.